The summed E-state index contributed by atoms with van der Waals surface area (Å²) in [4.78, 5) is 13.7. The molecule has 0 aliphatic carbocycles. The lowest BCUT2D eigenvalue weighted by Gasteiger charge is -2.26. The number of ether oxygens (including phenoxy) is 2. The maximum Gasteiger partial charge on any atom is 0.275 e. The van der Waals surface area contributed by atoms with E-state index in [0.29, 0.717) is 26.3 Å². The first-order chi connectivity index (χ1) is 13.4. The number of carbonyl (C=O) groups excluding carboxylic acids is 1. The first-order valence-corrected chi connectivity index (χ1v) is 9.67. The zero-order valence-corrected chi connectivity index (χ0v) is 16.6. The Hall–Kier alpha value is -2.60. The lowest BCUT2D eigenvalue weighted by atomic mass is 9.95. The summed E-state index contributed by atoms with van der Waals surface area (Å²) in [6.45, 7) is 6.25. The van der Waals surface area contributed by atoms with Gasteiger partial charge in [-0.05, 0) is 35.7 Å². The molecule has 2 aromatic rings. The quantitative estimate of drug-likeness (QED) is 0.765. The number of nitrogens with one attached hydrogen (secondary N) is 2. The van der Waals surface area contributed by atoms with E-state index in [0.717, 1.165) is 27.5 Å². The number of hydrogen-bond acceptors (Lipinski definition) is 3. The number of quaternary nitrogens is 1. The van der Waals surface area contributed by atoms with E-state index in [2.05, 4.69) is 19.2 Å². The van der Waals surface area contributed by atoms with E-state index >= 15 is 0 Å². The SMILES string of the molecule is CC(C)[C@@H](NC(=O)C[NH+](C)Cc1ccc(F)cc1)c1ccc2c(c1)OCCO2. The van der Waals surface area contributed by atoms with E-state index in [1.54, 1.807) is 12.1 Å². The molecule has 0 radical (unpaired) electrons. The third-order valence-electron chi connectivity index (χ3n) is 4.79. The Balaban J connectivity index is 1.62. The average Bonchev–Trinajstić information content (AvgIpc) is 2.67. The molecule has 150 valence electrons. The summed E-state index contributed by atoms with van der Waals surface area (Å²) >= 11 is 0. The van der Waals surface area contributed by atoms with Gasteiger partial charge >= 0.3 is 0 Å². The zero-order valence-electron chi connectivity index (χ0n) is 16.6. The van der Waals surface area contributed by atoms with Crippen LogP contribution < -0.4 is 19.7 Å². The van der Waals surface area contributed by atoms with Crippen molar-refractivity contribution in [3.63, 3.8) is 0 Å². The van der Waals surface area contributed by atoms with Gasteiger partial charge in [0.05, 0.1) is 13.1 Å². The van der Waals surface area contributed by atoms with Crippen LogP contribution in [0, 0.1) is 11.7 Å². The number of hydrogen-bond donors (Lipinski definition) is 2. The zero-order chi connectivity index (χ0) is 20.1. The molecule has 1 aliphatic heterocycles. The summed E-state index contributed by atoms with van der Waals surface area (Å²) in [5.74, 6) is 1.42. The molecule has 2 atom stereocenters. The van der Waals surface area contributed by atoms with Gasteiger partial charge in [-0.1, -0.05) is 32.0 Å². The van der Waals surface area contributed by atoms with Crippen molar-refractivity contribution >= 4 is 5.91 Å². The Kier molecular flexibility index (Phi) is 6.52. The molecule has 2 N–H and O–H groups in total. The van der Waals surface area contributed by atoms with E-state index < -0.39 is 0 Å². The highest BCUT2D eigenvalue weighted by Crippen LogP contribution is 2.34. The maximum absolute atomic E-state index is 13.0. The molecule has 5 nitrogen and oxygen atoms in total. The van der Waals surface area contributed by atoms with Crippen LogP contribution >= 0.6 is 0 Å². The van der Waals surface area contributed by atoms with E-state index in [1.165, 1.54) is 12.1 Å². The number of carbonyl (C=O) groups is 1. The number of fused-ring (bicyclic) bond motifs is 1. The number of likely N-dealkylation sites (N-methyl/N-ethyl adjacent to an activating group) is 1. The molecule has 0 saturated carbocycles. The Morgan fingerprint density at radius 3 is 2.46 bits per heavy atom. The van der Waals surface area contributed by atoms with Crippen LogP contribution in [0.15, 0.2) is 42.5 Å². The number of benzene rings is 2. The van der Waals surface area contributed by atoms with Crippen LogP contribution in [0.25, 0.3) is 0 Å². The molecule has 0 bridgehead atoms. The summed E-state index contributed by atoms with van der Waals surface area (Å²) in [5.41, 5.74) is 2.00. The largest absolute Gasteiger partial charge is 0.486 e. The highest BCUT2D eigenvalue weighted by atomic mass is 19.1. The molecule has 0 aromatic heterocycles. The molecule has 28 heavy (non-hydrogen) atoms. The van der Waals surface area contributed by atoms with Crippen molar-refractivity contribution in [2.45, 2.75) is 26.4 Å². The van der Waals surface area contributed by atoms with Gasteiger partial charge in [0.1, 0.15) is 25.6 Å². The molecular weight excluding hydrogens is 359 g/mol. The van der Waals surface area contributed by atoms with Gasteiger partial charge in [0.25, 0.3) is 5.91 Å². The minimum atomic E-state index is -0.252. The van der Waals surface area contributed by atoms with Gasteiger partial charge in [0, 0.05) is 5.56 Å². The lowest BCUT2D eigenvalue weighted by Crippen LogP contribution is -3.08. The highest BCUT2D eigenvalue weighted by Gasteiger charge is 2.22. The van der Waals surface area contributed by atoms with Gasteiger partial charge in [-0.2, -0.15) is 0 Å². The van der Waals surface area contributed by atoms with Crippen LogP contribution in [0.3, 0.4) is 0 Å². The molecule has 1 unspecified atom stereocenters. The first kappa shape index (κ1) is 20.1. The predicted molar refractivity (Wildman–Crippen MR) is 105 cm³/mol. The van der Waals surface area contributed by atoms with Crippen LogP contribution in [-0.4, -0.2) is 32.7 Å². The van der Waals surface area contributed by atoms with Crippen molar-refractivity contribution in [2.75, 3.05) is 26.8 Å². The summed E-state index contributed by atoms with van der Waals surface area (Å²) in [7, 11) is 1.96. The lowest BCUT2D eigenvalue weighted by molar-refractivity contribution is -0.885. The van der Waals surface area contributed by atoms with Gasteiger partial charge in [0.15, 0.2) is 18.0 Å². The Morgan fingerprint density at radius 1 is 1.11 bits per heavy atom. The van der Waals surface area contributed by atoms with Crippen molar-refractivity contribution in [1.82, 2.24) is 5.32 Å². The minimum Gasteiger partial charge on any atom is -0.486 e. The molecule has 2 aromatic carbocycles. The van der Waals surface area contributed by atoms with Crippen molar-refractivity contribution < 1.29 is 23.6 Å². The molecule has 1 heterocycles. The molecule has 0 spiro atoms. The fraction of sp³-hybridized carbons (Fsp3) is 0.409. The predicted octanol–water partition coefficient (Wildman–Crippen LogP) is 2.13. The fourth-order valence-corrected chi connectivity index (χ4v) is 3.40. The minimum absolute atomic E-state index is 0.0202. The Bertz CT molecular complexity index is 808. The van der Waals surface area contributed by atoms with Gasteiger partial charge in [-0.15, -0.1) is 0 Å². The Labute approximate surface area is 165 Å². The standard InChI is InChI=1S/C22H27FN2O3/c1-15(2)22(17-6-9-19-20(12-17)28-11-10-27-19)24-21(26)14-25(3)13-16-4-7-18(23)8-5-16/h4-9,12,15,22H,10-11,13-14H2,1-3H3,(H,24,26)/p+1/t22-/m1/s1. The first-order valence-electron chi connectivity index (χ1n) is 9.67. The molecular formula is C22H28FN2O3+. The highest BCUT2D eigenvalue weighted by molar-refractivity contribution is 5.77. The second-order valence-electron chi connectivity index (χ2n) is 7.63. The number of amides is 1. The van der Waals surface area contributed by atoms with Gasteiger partial charge < -0.3 is 19.7 Å². The van der Waals surface area contributed by atoms with Crippen molar-refractivity contribution in [2.24, 2.45) is 5.92 Å². The molecule has 1 aliphatic rings. The van der Waals surface area contributed by atoms with Crippen LogP contribution in [0.2, 0.25) is 0 Å². The van der Waals surface area contributed by atoms with Gasteiger partial charge in [-0.25, -0.2) is 4.39 Å². The monoisotopic (exact) mass is 387 g/mol. The van der Waals surface area contributed by atoms with E-state index in [1.807, 2.05) is 25.2 Å². The average molecular weight is 387 g/mol. The molecule has 0 fully saturated rings. The maximum atomic E-state index is 13.0. The third kappa shape index (κ3) is 5.23. The van der Waals surface area contributed by atoms with E-state index in [-0.39, 0.29) is 23.7 Å². The molecule has 1 amide bonds. The second-order valence-corrected chi connectivity index (χ2v) is 7.63. The van der Waals surface area contributed by atoms with E-state index in [9.17, 15) is 9.18 Å². The summed E-state index contributed by atoms with van der Waals surface area (Å²) in [5, 5.41) is 3.15. The third-order valence-corrected chi connectivity index (χ3v) is 4.79. The number of halogens is 1. The normalized spacial score (nSPS) is 15.2. The smallest absolute Gasteiger partial charge is 0.275 e. The molecule has 3 rings (SSSR count). The Morgan fingerprint density at radius 2 is 1.79 bits per heavy atom. The van der Waals surface area contributed by atoms with Crippen molar-refractivity contribution in [3.8, 4) is 11.5 Å². The topological polar surface area (TPSA) is 52.0 Å². The van der Waals surface area contributed by atoms with Gasteiger partial charge in [0.2, 0.25) is 0 Å². The van der Waals surface area contributed by atoms with E-state index in [4.69, 9.17) is 9.47 Å². The summed E-state index contributed by atoms with van der Waals surface area (Å²) in [6.07, 6.45) is 0. The second kappa shape index (κ2) is 9.06. The van der Waals surface area contributed by atoms with Crippen LogP contribution in [0.5, 0.6) is 11.5 Å². The van der Waals surface area contributed by atoms with Crippen LogP contribution in [0.1, 0.15) is 31.0 Å². The van der Waals surface area contributed by atoms with Gasteiger partial charge in [-0.3, -0.25) is 4.79 Å². The van der Waals surface area contributed by atoms with Crippen molar-refractivity contribution in [3.05, 3.63) is 59.4 Å². The summed E-state index contributed by atoms with van der Waals surface area (Å²) < 4.78 is 24.3. The number of rotatable bonds is 7. The molecule has 0 saturated heterocycles. The van der Waals surface area contributed by atoms with Crippen LogP contribution in [0.4, 0.5) is 4.39 Å². The van der Waals surface area contributed by atoms with Crippen LogP contribution in [-0.2, 0) is 11.3 Å². The summed E-state index contributed by atoms with van der Waals surface area (Å²) in [6, 6.07) is 12.1. The fourth-order valence-electron chi connectivity index (χ4n) is 3.40. The van der Waals surface area contributed by atoms with Crippen molar-refractivity contribution in [1.29, 1.82) is 0 Å². The molecule has 6 heteroatoms.